The van der Waals surface area contributed by atoms with Crippen LogP contribution in [-0.2, 0) is 9.47 Å². The lowest BCUT2D eigenvalue weighted by Gasteiger charge is -2.29. The van der Waals surface area contributed by atoms with Gasteiger partial charge in [-0.05, 0) is 24.6 Å². The molecule has 0 aliphatic rings. The van der Waals surface area contributed by atoms with Crippen molar-refractivity contribution in [3.63, 3.8) is 0 Å². The fourth-order valence-electron chi connectivity index (χ4n) is 1.57. The maximum atomic E-state index is 5.79. The van der Waals surface area contributed by atoms with E-state index in [4.69, 9.17) is 21.1 Å². The molecule has 96 valence electrons. The van der Waals surface area contributed by atoms with Crippen molar-refractivity contribution in [3.05, 3.63) is 17.5 Å². The fourth-order valence-corrected chi connectivity index (χ4v) is 1.71. The van der Waals surface area contributed by atoms with Crippen molar-refractivity contribution in [1.29, 1.82) is 0 Å². The predicted octanol–water partition coefficient (Wildman–Crippen LogP) is 1.62. The van der Waals surface area contributed by atoms with Crippen molar-refractivity contribution in [1.82, 2.24) is 9.97 Å². The third-order valence-corrected chi connectivity index (χ3v) is 2.56. The van der Waals surface area contributed by atoms with Crippen molar-refractivity contribution in [2.75, 3.05) is 38.9 Å². The number of hydrogen-bond acceptors (Lipinski definition) is 5. The Bertz CT molecular complexity index is 338. The van der Waals surface area contributed by atoms with Gasteiger partial charge in [0.1, 0.15) is 5.82 Å². The SMILES string of the molecule is COCCN(c1ccnc(Cl)n1)C(C)COC. The van der Waals surface area contributed by atoms with Crippen molar-refractivity contribution >= 4 is 17.4 Å². The van der Waals surface area contributed by atoms with Crippen LogP contribution in [0.25, 0.3) is 0 Å². The topological polar surface area (TPSA) is 47.5 Å². The molecule has 0 aliphatic carbocycles. The van der Waals surface area contributed by atoms with Gasteiger partial charge in [-0.3, -0.25) is 0 Å². The van der Waals surface area contributed by atoms with Gasteiger partial charge in [-0.25, -0.2) is 9.97 Å². The van der Waals surface area contributed by atoms with Crippen LogP contribution in [0.4, 0.5) is 5.82 Å². The van der Waals surface area contributed by atoms with Crippen molar-refractivity contribution < 1.29 is 9.47 Å². The van der Waals surface area contributed by atoms with Crippen LogP contribution in [-0.4, -0.2) is 50.0 Å². The number of nitrogens with zero attached hydrogens (tertiary/aromatic N) is 3. The van der Waals surface area contributed by atoms with Gasteiger partial charge in [0.15, 0.2) is 0 Å². The zero-order valence-corrected chi connectivity index (χ0v) is 11.1. The van der Waals surface area contributed by atoms with Gasteiger partial charge in [0.05, 0.1) is 19.3 Å². The summed E-state index contributed by atoms with van der Waals surface area (Å²) in [6.45, 7) is 4.03. The first-order valence-corrected chi connectivity index (χ1v) is 5.80. The Morgan fingerprint density at radius 3 is 2.76 bits per heavy atom. The van der Waals surface area contributed by atoms with Gasteiger partial charge in [-0.1, -0.05) is 0 Å². The molecule has 0 aliphatic heterocycles. The van der Waals surface area contributed by atoms with Gasteiger partial charge >= 0.3 is 0 Å². The van der Waals surface area contributed by atoms with Crippen molar-refractivity contribution in [3.8, 4) is 0 Å². The Hall–Kier alpha value is -0.910. The zero-order valence-electron chi connectivity index (χ0n) is 10.4. The second-order valence-corrected chi connectivity index (χ2v) is 4.01. The Balaban J connectivity index is 2.81. The van der Waals surface area contributed by atoms with Crippen molar-refractivity contribution in [2.24, 2.45) is 0 Å². The Labute approximate surface area is 107 Å². The quantitative estimate of drug-likeness (QED) is 0.697. The highest BCUT2D eigenvalue weighted by Crippen LogP contribution is 2.15. The molecule has 1 rings (SSSR count). The van der Waals surface area contributed by atoms with E-state index in [0.29, 0.717) is 13.2 Å². The summed E-state index contributed by atoms with van der Waals surface area (Å²) in [5.41, 5.74) is 0. The Morgan fingerprint density at radius 1 is 1.41 bits per heavy atom. The van der Waals surface area contributed by atoms with E-state index < -0.39 is 0 Å². The number of aromatic nitrogens is 2. The highest BCUT2D eigenvalue weighted by molar-refractivity contribution is 6.28. The predicted molar refractivity (Wildman–Crippen MR) is 67.6 cm³/mol. The Morgan fingerprint density at radius 2 is 2.18 bits per heavy atom. The second kappa shape index (κ2) is 7.42. The zero-order chi connectivity index (χ0) is 12.7. The molecule has 0 fully saturated rings. The van der Waals surface area contributed by atoms with Crippen LogP contribution < -0.4 is 4.90 Å². The van der Waals surface area contributed by atoms with Gasteiger partial charge in [0.25, 0.3) is 0 Å². The maximum absolute atomic E-state index is 5.79. The molecule has 0 amide bonds. The second-order valence-electron chi connectivity index (χ2n) is 3.67. The van der Waals surface area contributed by atoms with Crippen LogP contribution in [0.15, 0.2) is 12.3 Å². The maximum Gasteiger partial charge on any atom is 0.224 e. The molecule has 6 heteroatoms. The summed E-state index contributed by atoms with van der Waals surface area (Å²) >= 11 is 5.79. The van der Waals surface area contributed by atoms with E-state index in [9.17, 15) is 0 Å². The average Bonchev–Trinajstić information content (AvgIpc) is 2.30. The number of halogens is 1. The minimum Gasteiger partial charge on any atom is -0.383 e. The molecule has 0 saturated carbocycles. The normalized spacial score (nSPS) is 12.5. The minimum atomic E-state index is 0.195. The van der Waals surface area contributed by atoms with Crippen LogP contribution in [0.3, 0.4) is 0 Å². The van der Waals surface area contributed by atoms with Crippen LogP contribution in [0.2, 0.25) is 5.28 Å². The third-order valence-electron chi connectivity index (χ3n) is 2.38. The molecule has 1 aromatic rings. The van der Waals surface area contributed by atoms with E-state index >= 15 is 0 Å². The first-order valence-electron chi connectivity index (χ1n) is 5.42. The molecule has 17 heavy (non-hydrogen) atoms. The largest absolute Gasteiger partial charge is 0.383 e. The highest BCUT2D eigenvalue weighted by atomic mass is 35.5. The molecule has 1 aromatic heterocycles. The van der Waals surface area contributed by atoms with Crippen molar-refractivity contribution in [2.45, 2.75) is 13.0 Å². The minimum absolute atomic E-state index is 0.195. The van der Waals surface area contributed by atoms with E-state index in [1.54, 1.807) is 20.4 Å². The number of rotatable bonds is 7. The molecular weight excluding hydrogens is 242 g/mol. The van der Waals surface area contributed by atoms with E-state index in [1.807, 2.05) is 6.07 Å². The molecule has 0 saturated heterocycles. The highest BCUT2D eigenvalue weighted by Gasteiger charge is 2.15. The van der Waals surface area contributed by atoms with Gasteiger partial charge in [0, 0.05) is 27.0 Å². The number of ether oxygens (including phenoxy) is 2. The molecule has 0 radical (unpaired) electrons. The summed E-state index contributed by atoms with van der Waals surface area (Å²) < 4.78 is 10.3. The molecular formula is C11H18ClN3O2. The van der Waals surface area contributed by atoms with E-state index in [-0.39, 0.29) is 11.3 Å². The molecule has 0 spiro atoms. The summed E-state index contributed by atoms with van der Waals surface area (Å²) in [7, 11) is 3.35. The first kappa shape index (κ1) is 14.2. The summed E-state index contributed by atoms with van der Waals surface area (Å²) in [4.78, 5) is 10.2. The lowest BCUT2D eigenvalue weighted by molar-refractivity contribution is 0.170. The fraction of sp³-hybridized carbons (Fsp3) is 0.636. The van der Waals surface area contributed by atoms with E-state index in [2.05, 4.69) is 21.8 Å². The molecule has 0 N–H and O–H groups in total. The summed E-state index contributed by atoms with van der Waals surface area (Å²) in [5, 5.41) is 0.245. The molecule has 0 bridgehead atoms. The van der Waals surface area contributed by atoms with Crippen LogP contribution in [0, 0.1) is 0 Å². The lowest BCUT2D eigenvalue weighted by Crippen LogP contribution is -2.39. The van der Waals surface area contributed by atoms with E-state index in [0.717, 1.165) is 12.4 Å². The number of methoxy groups -OCH3 is 2. The first-order chi connectivity index (χ1) is 8.19. The number of anilines is 1. The van der Waals surface area contributed by atoms with Gasteiger partial charge in [0.2, 0.25) is 5.28 Å². The summed E-state index contributed by atoms with van der Waals surface area (Å²) in [5.74, 6) is 0.784. The molecule has 0 aromatic carbocycles. The monoisotopic (exact) mass is 259 g/mol. The van der Waals surface area contributed by atoms with Gasteiger partial charge < -0.3 is 14.4 Å². The molecule has 1 atom stereocenters. The summed E-state index contributed by atoms with van der Waals surface area (Å²) in [6, 6.07) is 2.02. The summed E-state index contributed by atoms with van der Waals surface area (Å²) in [6.07, 6.45) is 1.64. The third kappa shape index (κ3) is 4.46. The lowest BCUT2D eigenvalue weighted by atomic mass is 10.3. The number of hydrogen-bond donors (Lipinski definition) is 0. The smallest absolute Gasteiger partial charge is 0.224 e. The van der Waals surface area contributed by atoms with Crippen LogP contribution in [0.1, 0.15) is 6.92 Å². The van der Waals surface area contributed by atoms with Crippen LogP contribution in [0.5, 0.6) is 0 Å². The van der Waals surface area contributed by atoms with Crippen LogP contribution >= 0.6 is 11.6 Å². The van der Waals surface area contributed by atoms with Gasteiger partial charge in [-0.2, -0.15) is 0 Å². The molecule has 1 heterocycles. The van der Waals surface area contributed by atoms with Gasteiger partial charge in [-0.15, -0.1) is 0 Å². The van der Waals surface area contributed by atoms with E-state index in [1.165, 1.54) is 0 Å². The average molecular weight is 260 g/mol. The molecule has 5 nitrogen and oxygen atoms in total. The standard InChI is InChI=1S/C11H18ClN3O2/c1-9(8-17-3)15(6-7-16-2)10-4-5-13-11(12)14-10/h4-5,9H,6-8H2,1-3H3. The molecule has 1 unspecified atom stereocenters. The Kier molecular flexibility index (Phi) is 6.18.